The van der Waals surface area contributed by atoms with Gasteiger partial charge in [0.25, 0.3) is 5.91 Å². The van der Waals surface area contributed by atoms with Crippen LogP contribution in [0.3, 0.4) is 0 Å². The van der Waals surface area contributed by atoms with Gasteiger partial charge in [0, 0.05) is 19.3 Å². The first-order valence-electron chi connectivity index (χ1n) is 6.26. The van der Waals surface area contributed by atoms with Crippen LogP contribution in [-0.4, -0.2) is 29.1 Å². The maximum absolute atomic E-state index is 11.8. The number of hydrogen-bond donors (Lipinski definition) is 3. The Morgan fingerprint density at radius 1 is 1.56 bits per heavy atom. The van der Waals surface area contributed by atoms with Gasteiger partial charge in [-0.15, -0.1) is 0 Å². The number of aliphatic hydroxyl groups is 1. The fourth-order valence-corrected chi connectivity index (χ4v) is 2.15. The minimum atomic E-state index is -0.159. The lowest BCUT2D eigenvalue weighted by Gasteiger charge is -2.18. The number of rotatable bonds is 7. The molecule has 18 heavy (non-hydrogen) atoms. The molecule has 0 bridgehead atoms. The smallest absolute Gasteiger partial charge is 0.267 e. The molecule has 0 fully saturated rings. The Morgan fingerprint density at radius 3 is 2.78 bits per heavy atom. The van der Waals surface area contributed by atoms with Crippen molar-refractivity contribution in [1.82, 2.24) is 10.3 Å². The van der Waals surface area contributed by atoms with E-state index in [4.69, 9.17) is 16.7 Å². The van der Waals surface area contributed by atoms with Gasteiger partial charge in [0.1, 0.15) is 5.69 Å². The van der Waals surface area contributed by atoms with Crippen molar-refractivity contribution in [3.05, 3.63) is 23.0 Å². The van der Waals surface area contributed by atoms with Crippen molar-refractivity contribution < 1.29 is 9.90 Å². The molecule has 0 saturated carbocycles. The van der Waals surface area contributed by atoms with E-state index in [1.807, 2.05) is 0 Å². The molecule has 0 radical (unpaired) electrons. The highest BCUT2D eigenvalue weighted by Crippen LogP contribution is 2.15. The molecule has 1 atom stereocenters. The molecule has 1 amide bonds. The van der Waals surface area contributed by atoms with E-state index >= 15 is 0 Å². The number of aromatic nitrogens is 1. The van der Waals surface area contributed by atoms with Gasteiger partial charge < -0.3 is 15.4 Å². The van der Waals surface area contributed by atoms with Crippen LogP contribution in [0.1, 0.15) is 37.2 Å². The summed E-state index contributed by atoms with van der Waals surface area (Å²) in [5.41, 5.74) is 0.465. The van der Waals surface area contributed by atoms with E-state index in [1.54, 1.807) is 12.3 Å². The van der Waals surface area contributed by atoms with E-state index < -0.39 is 0 Å². The second kappa shape index (κ2) is 7.44. The van der Waals surface area contributed by atoms with Gasteiger partial charge in [-0.3, -0.25) is 4.79 Å². The first kappa shape index (κ1) is 15.1. The molecule has 102 valence electrons. The molecule has 1 rings (SSSR count). The largest absolute Gasteiger partial charge is 0.396 e. The summed E-state index contributed by atoms with van der Waals surface area (Å²) in [6.07, 6.45) is 3.28. The first-order chi connectivity index (χ1) is 8.52. The van der Waals surface area contributed by atoms with Crippen LogP contribution in [0.5, 0.6) is 0 Å². The molecular formula is C13H21ClN2O2. The number of nitrogens with one attached hydrogen (secondary N) is 2. The van der Waals surface area contributed by atoms with Crippen molar-refractivity contribution in [1.29, 1.82) is 0 Å². The number of halogens is 1. The second-order valence-electron chi connectivity index (χ2n) is 4.95. The molecule has 0 aliphatic carbocycles. The highest BCUT2D eigenvalue weighted by molar-refractivity contribution is 6.30. The number of carbonyl (C=O) groups excluding carboxylic acids is 1. The average molecular weight is 273 g/mol. The monoisotopic (exact) mass is 272 g/mol. The fourth-order valence-electron chi connectivity index (χ4n) is 1.98. The van der Waals surface area contributed by atoms with Crippen molar-refractivity contribution in [3.63, 3.8) is 0 Å². The van der Waals surface area contributed by atoms with Gasteiger partial charge in [0.2, 0.25) is 0 Å². The third kappa shape index (κ3) is 5.10. The molecule has 1 unspecified atom stereocenters. The Hall–Kier alpha value is -1.00. The summed E-state index contributed by atoms with van der Waals surface area (Å²) in [5, 5.41) is 12.4. The van der Waals surface area contributed by atoms with E-state index in [-0.39, 0.29) is 12.5 Å². The number of aromatic amines is 1. The lowest BCUT2D eigenvalue weighted by Crippen LogP contribution is -2.30. The maximum atomic E-state index is 11.8. The van der Waals surface area contributed by atoms with Crippen LogP contribution in [0, 0.1) is 11.8 Å². The van der Waals surface area contributed by atoms with Crippen molar-refractivity contribution >= 4 is 17.5 Å². The second-order valence-corrected chi connectivity index (χ2v) is 5.39. The van der Waals surface area contributed by atoms with Crippen LogP contribution < -0.4 is 5.32 Å². The number of amides is 1. The highest BCUT2D eigenvalue weighted by atomic mass is 35.5. The maximum Gasteiger partial charge on any atom is 0.267 e. The SMILES string of the molecule is CC(C)CC(CCO)CNC(=O)c1cc(Cl)c[nH]1. The molecule has 3 N–H and O–H groups in total. The van der Waals surface area contributed by atoms with Gasteiger partial charge in [-0.2, -0.15) is 0 Å². The lowest BCUT2D eigenvalue weighted by atomic mass is 9.94. The average Bonchev–Trinajstić information content (AvgIpc) is 2.72. The van der Waals surface area contributed by atoms with Crippen molar-refractivity contribution in [2.75, 3.05) is 13.2 Å². The van der Waals surface area contributed by atoms with E-state index in [9.17, 15) is 4.79 Å². The van der Waals surface area contributed by atoms with Crippen LogP contribution in [0.15, 0.2) is 12.3 Å². The molecule has 0 aliphatic rings. The van der Waals surface area contributed by atoms with Gasteiger partial charge in [-0.25, -0.2) is 0 Å². The lowest BCUT2D eigenvalue weighted by molar-refractivity contribution is 0.0937. The number of carbonyl (C=O) groups is 1. The fraction of sp³-hybridized carbons (Fsp3) is 0.615. The molecule has 5 heteroatoms. The third-order valence-electron chi connectivity index (χ3n) is 2.79. The number of hydrogen-bond acceptors (Lipinski definition) is 2. The quantitative estimate of drug-likeness (QED) is 0.714. The zero-order valence-electron chi connectivity index (χ0n) is 10.9. The van der Waals surface area contributed by atoms with Crippen LogP contribution in [0.4, 0.5) is 0 Å². The van der Waals surface area contributed by atoms with E-state index in [1.165, 1.54) is 0 Å². The Kier molecular flexibility index (Phi) is 6.22. The van der Waals surface area contributed by atoms with E-state index in [2.05, 4.69) is 24.1 Å². The molecule has 0 aromatic carbocycles. The zero-order valence-corrected chi connectivity index (χ0v) is 11.6. The highest BCUT2D eigenvalue weighted by Gasteiger charge is 2.13. The normalized spacial score (nSPS) is 12.7. The van der Waals surface area contributed by atoms with Gasteiger partial charge >= 0.3 is 0 Å². The first-order valence-corrected chi connectivity index (χ1v) is 6.63. The molecule has 0 aliphatic heterocycles. The van der Waals surface area contributed by atoms with E-state index in [0.717, 1.165) is 6.42 Å². The van der Waals surface area contributed by atoms with Gasteiger partial charge in [-0.1, -0.05) is 25.4 Å². The van der Waals surface area contributed by atoms with Gasteiger partial charge in [-0.05, 0) is 30.7 Å². The topological polar surface area (TPSA) is 65.1 Å². The van der Waals surface area contributed by atoms with Crippen molar-refractivity contribution in [2.24, 2.45) is 11.8 Å². The van der Waals surface area contributed by atoms with E-state index in [0.29, 0.717) is 35.5 Å². The van der Waals surface area contributed by atoms with Gasteiger partial charge in [0.05, 0.1) is 5.02 Å². The molecule has 0 saturated heterocycles. The molecule has 1 aromatic heterocycles. The molecule has 1 heterocycles. The summed E-state index contributed by atoms with van der Waals surface area (Å²) >= 11 is 5.74. The van der Waals surface area contributed by atoms with Crippen molar-refractivity contribution in [3.8, 4) is 0 Å². The van der Waals surface area contributed by atoms with Crippen LogP contribution in [0.25, 0.3) is 0 Å². The minimum Gasteiger partial charge on any atom is -0.396 e. The Labute approximate surface area is 113 Å². The van der Waals surface area contributed by atoms with Crippen molar-refractivity contribution in [2.45, 2.75) is 26.7 Å². The van der Waals surface area contributed by atoms with Crippen LogP contribution in [0.2, 0.25) is 5.02 Å². The van der Waals surface area contributed by atoms with Crippen LogP contribution >= 0.6 is 11.6 Å². The number of aliphatic hydroxyl groups excluding tert-OH is 1. The van der Waals surface area contributed by atoms with Crippen LogP contribution in [-0.2, 0) is 0 Å². The predicted molar refractivity (Wildman–Crippen MR) is 72.8 cm³/mol. The molecule has 1 aromatic rings. The standard InChI is InChI=1S/C13H21ClN2O2/c1-9(2)5-10(3-4-17)7-16-13(18)12-6-11(14)8-15-12/h6,8-10,15,17H,3-5,7H2,1-2H3,(H,16,18). The summed E-state index contributed by atoms with van der Waals surface area (Å²) < 4.78 is 0. The Bertz CT molecular complexity index is 377. The predicted octanol–water partition coefficient (Wildman–Crippen LogP) is 2.44. The summed E-state index contributed by atoms with van der Waals surface area (Å²) in [4.78, 5) is 14.6. The molecular weight excluding hydrogens is 252 g/mol. The molecule has 4 nitrogen and oxygen atoms in total. The minimum absolute atomic E-state index is 0.154. The number of H-pyrrole nitrogens is 1. The molecule has 0 spiro atoms. The Morgan fingerprint density at radius 2 is 2.28 bits per heavy atom. The summed E-state index contributed by atoms with van der Waals surface area (Å²) in [6, 6.07) is 1.60. The van der Waals surface area contributed by atoms with Gasteiger partial charge in [0.15, 0.2) is 0 Å². The zero-order chi connectivity index (χ0) is 13.5. The summed E-state index contributed by atoms with van der Waals surface area (Å²) in [5.74, 6) is 0.705. The third-order valence-corrected chi connectivity index (χ3v) is 3.00. The summed E-state index contributed by atoms with van der Waals surface area (Å²) in [6.45, 7) is 5.00. The summed E-state index contributed by atoms with van der Waals surface area (Å²) in [7, 11) is 0. The Balaban J connectivity index is 2.43.